The monoisotopic (exact) mass is 266 g/mol. The standard InChI is InChI=1S/C10H18O6S/c1-15-9(13)3-7(10(14)16-2)5-17-6-8(12)4-11/h7-8,11-12H,3-6H2,1-2H3. The van der Waals surface area contributed by atoms with Crippen LogP contribution in [0, 0.1) is 5.92 Å². The first-order chi connectivity index (χ1) is 8.04. The summed E-state index contributed by atoms with van der Waals surface area (Å²) in [7, 11) is 2.50. The fraction of sp³-hybridized carbons (Fsp3) is 0.800. The van der Waals surface area contributed by atoms with Crippen LogP contribution in [-0.2, 0) is 19.1 Å². The van der Waals surface area contributed by atoms with Crippen LogP contribution >= 0.6 is 11.8 Å². The van der Waals surface area contributed by atoms with E-state index in [4.69, 9.17) is 10.2 Å². The van der Waals surface area contributed by atoms with Gasteiger partial charge in [-0.3, -0.25) is 9.59 Å². The van der Waals surface area contributed by atoms with Crippen LogP contribution in [0.25, 0.3) is 0 Å². The summed E-state index contributed by atoms with van der Waals surface area (Å²) in [5, 5.41) is 17.7. The number of carbonyl (C=O) groups excluding carboxylic acids is 2. The summed E-state index contributed by atoms with van der Waals surface area (Å²) in [5.41, 5.74) is 0. The number of hydrogen-bond acceptors (Lipinski definition) is 7. The van der Waals surface area contributed by atoms with E-state index in [-0.39, 0.29) is 13.0 Å². The summed E-state index contributed by atoms with van der Waals surface area (Å²) in [4.78, 5) is 22.4. The Balaban J connectivity index is 4.11. The van der Waals surface area contributed by atoms with E-state index >= 15 is 0 Å². The molecule has 0 rings (SSSR count). The second kappa shape index (κ2) is 9.26. The van der Waals surface area contributed by atoms with Crippen LogP contribution in [0.2, 0.25) is 0 Å². The van der Waals surface area contributed by atoms with Crippen molar-refractivity contribution in [1.29, 1.82) is 0 Å². The Morgan fingerprint density at radius 1 is 1.24 bits per heavy atom. The number of rotatable bonds is 8. The quantitative estimate of drug-likeness (QED) is 0.568. The molecule has 0 radical (unpaired) electrons. The predicted octanol–water partition coefficient (Wildman–Crippen LogP) is -0.575. The zero-order valence-corrected chi connectivity index (χ0v) is 10.7. The van der Waals surface area contributed by atoms with E-state index < -0.39 is 24.0 Å². The molecule has 17 heavy (non-hydrogen) atoms. The van der Waals surface area contributed by atoms with Gasteiger partial charge in [0, 0.05) is 11.5 Å². The molecule has 0 aromatic rings. The van der Waals surface area contributed by atoms with Gasteiger partial charge in [0.1, 0.15) is 0 Å². The van der Waals surface area contributed by atoms with Gasteiger partial charge in [-0.05, 0) is 0 Å². The first kappa shape index (κ1) is 16.2. The lowest BCUT2D eigenvalue weighted by molar-refractivity contribution is -0.151. The van der Waals surface area contributed by atoms with E-state index in [0.29, 0.717) is 11.5 Å². The van der Waals surface area contributed by atoms with Crippen LogP contribution in [0.1, 0.15) is 6.42 Å². The number of esters is 2. The number of methoxy groups -OCH3 is 2. The zero-order valence-electron chi connectivity index (χ0n) is 9.92. The van der Waals surface area contributed by atoms with E-state index in [1.54, 1.807) is 0 Å². The number of hydrogen-bond donors (Lipinski definition) is 2. The first-order valence-corrected chi connectivity index (χ1v) is 6.21. The molecule has 2 unspecified atom stereocenters. The van der Waals surface area contributed by atoms with Gasteiger partial charge in [-0.15, -0.1) is 0 Å². The van der Waals surface area contributed by atoms with Crippen molar-refractivity contribution in [2.24, 2.45) is 5.92 Å². The van der Waals surface area contributed by atoms with Gasteiger partial charge in [0.05, 0.1) is 39.3 Å². The highest BCUT2D eigenvalue weighted by Gasteiger charge is 2.23. The van der Waals surface area contributed by atoms with Crippen molar-refractivity contribution in [2.45, 2.75) is 12.5 Å². The van der Waals surface area contributed by atoms with Crippen molar-refractivity contribution < 1.29 is 29.3 Å². The maximum absolute atomic E-state index is 11.4. The highest BCUT2D eigenvalue weighted by atomic mass is 32.2. The average molecular weight is 266 g/mol. The predicted molar refractivity (Wildman–Crippen MR) is 62.6 cm³/mol. The summed E-state index contributed by atoms with van der Waals surface area (Å²) in [5.74, 6) is -0.933. The lowest BCUT2D eigenvalue weighted by atomic mass is 10.1. The Morgan fingerprint density at radius 2 is 1.88 bits per heavy atom. The molecule has 0 fully saturated rings. The van der Waals surface area contributed by atoms with E-state index in [2.05, 4.69) is 9.47 Å². The normalized spacial score (nSPS) is 13.9. The number of aliphatic hydroxyl groups excluding tert-OH is 2. The average Bonchev–Trinajstić information content (AvgIpc) is 2.35. The largest absolute Gasteiger partial charge is 0.469 e. The number of thioether (sulfide) groups is 1. The highest BCUT2D eigenvalue weighted by molar-refractivity contribution is 7.99. The molecule has 0 aliphatic rings. The van der Waals surface area contributed by atoms with E-state index in [0.717, 1.165) is 0 Å². The van der Waals surface area contributed by atoms with Crippen LogP contribution in [0.15, 0.2) is 0 Å². The van der Waals surface area contributed by atoms with E-state index in [9.17, 15) is 9.59 Å². The fourth-order valence-electron chi connectivity index (χ4n) is 1.06. The van der Waals surface area contributed by atoms with Crippen molar-refractivity contribution in [2.75, 3.05) is 32.3 Å². The molecule has 7 heteroatoms. The summed E-state index contributed by atoms with van der Waals surface area (Å²) in [6, 6.07) is 0. The minimum Gasteiger partial charge on any atom is -0.469 e. The Hall–Kier alpha value is -0.790. The van der Waals surface area contributed by atoms with Crippen molar-refractivity contribution in [3.63, 3.8) is 0 Å². The van der Waals surface area contributed by atoms with Crippen LogP contribution in [-0.4, -0.2) is 60.6 Å². The second-order valence-corrected chi connectivity index (χ2v) is 4.45. The summed E-state index contributed by atoms with van der Waals surface area (Å²) < 4.78 is 9.05. The SMILES string of the molecule is COC(=O)CC(CSCC(O)CO)C(=O)OC. The van der Waals surface area contributed by atoms with E-state index in [1.807, 2.05) is 0 Å². The zero-order chi connectivity index (χ0) is 13.3. The third-order valence-corrected chi connectivity index (χ3v) is 3.27. The van der Waals surface area contributed by atoms with Crippen LogP contribution in [0.4, 0.5) is 0 Å². The molecular formula is C10H18O6S. The lowest BCUT2D eigenvalue weighted by Crippen LogP contribution is -2.24. The van der Waals surface area contributed by atoms with Crippen molar-refractivity contribution in [3.05, 3.63) is 0 Å². The minimum absolute atomic E-state index is 0.0502. The van der Waals surface area contributed by atoms with Gasteiger partial charge in [0.15, 0.2) is 0 Å². The Kier molecular flexibility index (Phi) is 8.83. The molecule has 6 nitrogen and oxygen atoms in total. The maximum Gasteiger partial charge on any atom is 0.310 e. The minimum atomic E-state index is -0.823. The molecule has 0 saturated heterocycles. The van der Waals surface area contributed by atoms with Crippen LogP contribution in [0.5, 0.6) is 0 Å². The van der Waals surface area contributed by atoms with Gasteiger partial charge in [-0.2, -0.15) is 11.8 Å². The number of aliphatic hydroxyl groups is 2. The van der Waals surface area contributed by atoms with Crippen molar-refractivity contribution in [1.82, 2.24) is 0 Å². The van der Waals surface area contributed by atoms with Gasteiger partial charge in [0.2, 0.25) is 0 Å². The molecule has 0 spiro atoms. The Morgan fingerprint density at radius 3 is 2.35 bits per heavy atom. The number of carbonyl (C=O) groups is 2. The van der Waals surface area contributed by atoms with Crippen LogP contribution in [0.3, 0.4) is 0 Å². The van der Waals surface area contributed by atoms with Gasteiger partial charge in [0.25, 0.3) is 0 Å². The Labute approximate surface area is 104 Å². The molecule has 0 aromatic heterocycles. The maximum atomic E-state index is 11.4. The summed E-state index contributed by atoms with van der Waals surface area (Å²) in [6.07, 6.45) is -0.873. The van der Waals surface area contributed by atoms with Gasteiger partial charge in [-0.1, -0.05) is 0 Å². The number of ether oxygens (including phenoxy) is 2. The molecule has 2 atom stereocenters. The van der Waals surface area contributed by atoms with Gasteiger partial charge in [-0.25, -0.2) is 0 Å². The molecule has 0 bridgehead atoms. The third-order valence-electron chi connectivity index (χ3n) is 2.02. The second-order valence-electron chi connectivity index (χ2n) is 3.37. The lowest BCUT2D eigenvalue weighted by Gasteiger charge is -2.13. The molecule has 0 saturated carbocycles. The van der Waals surface area contributed by atoms with E-state index in [1.165, 1.54) is 26.0 Å². The molecule has 100 valence electrons. The van der Waals surface area contributed by atoms with Gasteiger partial charge < -0.3 is 19.7 Å². The molecule has 2 N–H and O–H groups in total. The molecule has 0 amide bonds. The summed E-state index contributed by atoms with van der Waals surface area (Å²) in [6.45, 7) is -0.326. The first-order valence-electron chi connectivity index (χ1n) is 5.06. The summed E-state index contributed by atoms with van der Waals surface area (Å²) >= 11 is 1.27. The molecular weight excluding hydrogens is 248 g/mol. The van der Waals surface area contributed by atoms with Crippen molar-refractivity contribution in [3.8, 4) is 0 Å². The Bertz CT molecular complexity index is 245. The van der Waals surface area contributed by atoms with Crippen molar-refractivity contribution >= 4 is 23.7 Å². The smallest absolute Gasteiger partial charge is 0.310 e. The fourth-order valence-corrected chi connectivity index (χ4v) is 2.11. The van der Waals surface area contributed by atoms with Crippen LogP contribution < -0.4 is 0 Å². The molecule has 0 heterocycles. The molecule has 0 aromatic carbocycles. The van der Waals surface area contributed by atoms with Gasteiger partial charge >= 0.3 is 11.9 Å². The topological polar surface area (TPSA) is 93.1 Å². The molecule has 0 aliphatic heterocycles. The highest BCUT2D eigenvalue weighted by Crippen LogP contribution is 2.15. The third kappa shape index (κ3) is 7.19. The molecule has 0 aliphatic carbocycles.